The van der Waals surface area contributed by atoms with Gasteiger partial charge in [0.2, 0.25) is 0 Å². The molecule has 1 aliphatic heterocycles. The predicted molar refractivity (Wildman–Crippen MR) is 164 cm³/mol. The third kappa shape index (κ3) is 8.03. The molecule has 0 fully saturated rings. The van der Waals surface area contributed by atoms with Crippen molar-refractivity contribution in [2.45, 2.75) is 44.6 Å². The molecule has 0 bridgehead atoms. The first-order valence-electron chi connectivity index (χ1n) is 14.5. The van der Waals surface area contributed by atoms with Crippen LogP contribution < -0.4 is 16.0 Å². The van der Waals surface area contributed by atoms with Gasteiger partial charge in [0.25, 0.3) is 17.7 Å². The Morgan fingerprint density at radius 2 is 1.62 bits per heavy atom. The van der Waals surface area contributed by atoms with E-state index < -0.39 is 60.4 Å². The Balaban J connectivity index is 1.93. The summed E-state index contributed by atoms with van der Waals surface area (Å²) in [6, 6.07) is 17.4. The number of nitrogens with zero attached hydrogens (tertiary/aromatic N) is 2. The lowest BCUT2D eigenvalue weighted by molar-refractivity contribution is -0.202. The molecule has 2 atom stereocenters. The number of alkyl halides is 3. The van der Waals surface area contributed by atoms with Crippen molar-refractivity contribution >= 4 is 35.3 Å². The van der Waals surface area contributed by atoms with Crippen LogP contribution >= 0.6 is 0 Å². The largest absolute Gasteiger partial charge is 0.491 e. The Morgan fingerprint density at radius 1 is 0.979 bits per heavy atom. The van der Waals surface area contributed by atoms with E-state index >= 15 is 0 Å². The molecule has 0 spiro atoms. The van der Waals surface area contributed by atoms with Crippen LogP contribution in [0.3, 0.4) is 0 Å². The summed E-state index contributed by atoms with van der Waals surface area (Å²) < 4.78 is 43.1. The molecular formula is C34H31F3N4O6. The summed E-state index contributed by atoms with van der Waals surface area (Å²) in [4.78, 5) is 68.4. The van der Waals surface area contributed by atoms with Gasteiger partial charge in [-0.1, -0.05) is 66.6 Å². The van der Waals surface area contributed by atoms with Crippen LogP contribution in [0, 0.1) is 11.8 Å². The van der Waals surface area contributed by atoms with E-state index in [-0.39, 0.29) is 35.5 Å². The predicted octanol–water partition coefficient (Wildman–Crippen LogP) is 3.82. The van der Waals surface area contributed by atoms with Crippen molar-refractivity contribution in [1.82, 2.24) is 10.2 Å². The van der Waals surface area contributed by atoms with Crippen LogP contribution in [0.15, 0.2) is 78.9 Å². The van der Waals surface area contributed by atoms with Gasteiger partial charge in [0.15, 0.2) is 0 Å². The summed E-state index contributed by atoms with van der Waals surface area (Å²) in [5.74, 6) is -1.07. The van der Waals surface area contributed by atoms with Crippen molar-refractivity contribution in [3.63, 3.8) is 0 Å². The number of nitrogens with one attached hydrogen (secondary N) is 1. The molecule has 4 rings (SSSR count). The molecule has 0 aromatic heterocycles. The molecule has 3 amide bonds. The summed E-state index contributed by atoms with van der Waals surface area (Å²) in [7, 11) is 0. The van der Waals surface area contributed by atoms with Gasteiger partial charge in [-0.2, -0.15) is 13.2 Å². The maximum absolute atomic E-state index is 14.8. The van der Waals surface area contributed by atoms with Gasteiger partial charge in [-0.15, -0.1) is 0 Å². The van der Waals surface area contributed by atoms with Crippen LogP contribution in [-0.2, 0) is 23.9 Å². The Labute approximate surface area is 268 Å². The number of anilines is 1. The number of carbonyl (C=O) groups excluding carboxylic acids is 5. The number of carbonyl (C=O) groups is 5. The summed E-state index contributed by atoms with van der Waals surface area (Å²) in [6.07, 6.45) is -6.33. The second-order valence-corrected chi connectivity index (χ2v) is 10.7. The first kappa shape index (κ1) is 34.4. The molecule has 2 unspecified atom stereocenters. The number of hydrogen-bond acceptors (Lipinski definition) is 7. The molecule has 10 nitrogen and oxygen atoms in total. The molecule has 47 heavy (non-hydrogen) atoms. The monoisotopic (exact) mass is 648 g/mol. The van der Waals surface area contributed by atoms with Gasteiger partial charge in [0.1, 0.15) is 6.04 Å². The van der Waals surface area contributed by atoms with E-state index in [1.807, 2.05) is 0 Å². The molecule has 3 aromatic carbocycles. The molecule has 0 saturated heterocycles. The highest BCUT2D eigenvalue weighted by atomic mass is 19.4. The van der Waals surface area contributed by atoms with Gasteiger partial charge in [-0.25, -0.2) is 4.79 Å². The van der Waals surface area contributed by atoms with Crippen molar-refractivity contribution in [3.05, 3.63) is 101 Å². The minimum absolute atomic E-state index is 0.0136. The van der Waals surface area contributed by atoms with E-state index in [1.165, 1.54) is 29.2 Å². The molecule has 13 heteroatoms. The maximum atomic E-state index is 14.8. The van der Waals surface area contributed by atoms with Crippen molar-refractivity contribution in [3.8, 4) is 11.8 Å². The quantitative estimate of drug-likeness (QED) is 0.215. The van der Waals surface area contributed by atoms with Gasteiger partial charge in [0.05, 0.1) is 23.7 Å². The highest BCUT2D eigenvalue weighted by molar-refractivity contribution is 6.12. The number of hydrogen-bond donors (Lipinski definition) is 2. The topological polar surface area (TPSA) is 139 Å². The number of nitrogens with two attached hydrogens (primary N) is 1. The first-order valence-corrected chi connectivity index (χ1v) is 14.5. The van der Waals surface area contributed by atoms with Crippen LogP contribution in [0.1, 0.15) is 59.4 Å². The SMILES string of the molecule is CC(C)N1C(=O)C(c2ccccc2)N(C(CC(=O)OC(=O)C(F)(F)F)c2ccccc2)C(=O)c2cc(C#CC(=O)NCCN)ccc21. The number of amides is 3. The highest BCUT2D eigenvalue weighted by Crippen LogP contribution is 2.42. The third-order valence-corrected chi connectivity index (χ3v) is 7.17. The van der Waals surface area contributed by atoms with Crippen LogP contribution in [0.2, 0.25) is 0 Å². The Bertz CT molecular complexity index is 1720. The smallest absolute Gasteiger partial charge is 0.386 e. The average Bonchev–Trinajstić information content (AvgIpc) is 3.13. The number of benzene rings is 3. The number of ether oxygens (including phenoxy) is 1. The van der Waals surface area contributed by atoms with Gasteiger partial charge >= 0.3 is 18.1 Å². The van der Waals surface area contributed by atoms with Gasteiger partial charge < -0.3 is 25.6 Å². The molecule has 3 N–H and O–H groups in total. The highest BCUT2D eigenvalue weighted by Gasteiger charge is 2.47. The zero-order valence-electron chi connectivity index (χ0n) is 25.4. The van der Waals surface area contributed by atoms with E-state index in [4.69, 9.17) is 5.73 Å². The number of fused-ring (bicyclic) bond motifs is 1. The van der Waals surface area contributed by atoms with Crippen molar-refractivity contribution in [2.24, 2.45) is 5.73 Å². The van der Waals surface area contributed by atoms with E-state index in [9.17, 15) is 37.1 Å². The van der Waals surface area contributed by atoms with Gasteiger partial charge in [0, 0.05) is 30.6 Å². The lowest BCUT2D eigenvalue weighted by Gasteiger charge is -2.37. The van der Waals surface area contributed by atoms with E-state index in [0.717, 1.165) is 4.90 Å². The van der Waals surface area contributed by atoms with Crippen molar-refractivity contribution in [2.75, 3.05) is 18.0 Å². The fourth-order valence-electron chi connectivity index (χ4n) is 5.19. The molecule has 244 valence electrons. The summed E-state index contributed by atoms with van der Waals surface area (Å²) >= 11 is 0. The first-order chi connectivity index (χ1) is 22.3. The van der Waals surface area contributed by atoms with E-state index in [0.29, 0.717) is 5.56 Å². The molecule has 0 radical (unpaired) electrons. The Morgan fingerprint density at radius 3 is 2.21 bits per heavy atom. The van der Waals surface area contributed by atoms with Crippen LogP contribution in [0.4, 0.5) is 18.9 Å². The maximum Gasteiger partial charge on any atom is 0.491 e. The molecule has 1 aliphatic rings. The van der Waals surface area contributed by atoms with E-state index in [1.54, 1.807) is 68.4 Å². The third-order valence-electron chi connectivity index (χ3n) is 7.17. The normalized spacial score (nSPS) is 15.3. The second-order valence-electron chi connectivity index (χ2n) is 10.7. The summed E-state index contributed by atoms with van der Waals surface area (Å²) in [5.41, 5.74) is 6.52. The average molecular weight is 649 g/mol. The number of halogens is 3. The number of rotatable bonds is 8. The summed E-state index contributed by atoms with van der Waals surface area (Å²) in [6.45, 7) is 3.90. The van der Waals surface area contributed by atoms with Crippen LogP contribution in [0.5, 0.6) is 0 Å². The molecular weight excluding hydrogens is 617 g/mol. The molecule has 0 aliphatic carbocycles. The summed E-state index contributed by atoms with van der Waals surface area (Å²) in [5, 5.41) is 2.51. The number of esters is 2. The van der Waals surface area contributed by atoms with Gasteiger partial charge in [-0.05, 0) is 43.2 Å². The second kappa shape index (κ2) is 14.7. The van der Waals surface area contributed by atoms with Crippen molar-refractivity contribution < 1.29 is 41.9 Å². The Hall–Kier alpha value is -5.48. The van der Waals surface area contributed by atoms with Crippen LogP contribution in [0.25, 0.3) is 0 Å². The molecule has 1 heterocycles. The van der Waals surface area contributed by atoms with E-state index in [2.05, 4.69) is 21.9 Å². The minimum atomic E-state index is -5.44. The van der Waals surface area contributed by atoms with Crippen LogP contribution in [-0.4, -0.2) is 59.9 Å². The fourth-order valence-corrected chi connectivity index (χ4v) is 5.19. The van der Waals surface area contributed by atoms with Crippen molar-refractivity contribution in [1.29, 1.82) is 0 Å². The lowest BCUT2D eigenvalue weighted by atomic mass is 9.95. The zero-order valence-corrected chi connectivity index (χ0v) is 25.4. The molecule has 3 aromatic rings. The lowest BCUT2D eigenvalue weighted by Crippen LogP contribution is -2.46. The molecule has 0 saturated carbocycles. The fraction of sp³-hybridized carbons (Fsp3) is 0.265. The Kier molecular flexibility index (Phi) is 10.8. The minimum Gasteiger partial charge on any atom is -0.386 e. The zero-order chi connectivity index (χ0) is 34.3. The standard InChI is InChI=1S/C34H31F3N4O6/c1-21(2)40-26-15-13-22(14-16-28(42)39-18-17-38)19-25(26)31(44)41(30(32(40)45)24-11-7-4-8-12-24)27(23-9-5-3-6-10-23)20-29(43)47-33(46)34(35,36)37/h3-13,15,19,21,27,30H,17-18,20,38H2,1-2H3,(H,39,42). The van der Waals surface area contributed by atoms with Gasteiger partial charge in [-0.3, -0.25) is 19.2 Å².